The Balaban J connectivity index is 1.99. The van der Waals surface area contributed by atoms with E-state index >= 15 is 0 Å². The molecule has 5 heteroatoms. The van der Waals surface area contributed by atoms with Crippen molar-refractivity contribution in [1.82, 2.24) is 10.1 Å². The molecule has 0 bridgehead atoms. The molecule has 0 radical (unpaired) electrons. The Morgan fingerprint density at radius 3 is 2.74 bits per heavy atom. The zero-order valence-corrected chi connectivity index (χ0v) is 11.0. The number of ether oxygens (including phenoxy) is 1. The first-order chi connectivity index (χ1) is 9.19. The lowest BCUT2D eigenvalue weighted by Gasteiger charge is -1.97. The normalized spacial score (nSPS) is 10.4. The third kappa shape index (κ3) is 3.64. The van der Waals surface area contributed by atoms with Crippen LogP contribution in [0.3, 0.4) is 0 Å². The van der Waals surface area contributed by atoms with E-state index in [9.17, 15) is 4.79 Å². The lowest BCUT2D eigenvalue weighted by Crippen LogP contribution is -2.05. The van der Waals surface area contributed by atoms with Crippen LogP contribution in [0, 0.1) is 6.92 Å². The number of hydrogen-bond acceptors (Lipinski definition) is 5. The van der Waals surface area contributed by atoms with E-state index in [0.29, 0.717) is 24.7 Å². The standard InChI is InChI=1S/C14H16N2O3/c1-3-18-13(17)9-8-12-15-14(16-19-12)11-6-4-10(2)5-7-11/h4-7H,3,8-9H2,1-2H3. The highest BCUT2D eigenvalue weighted by Crippen LogP contribution is 2.16. The zero-order chi connectivity index (χ0) is 13.7. The first kappa shape index (κ1) is 13.3. The van der Waals surface area contributed by atoms with Gasteiger partial charge in [-0.1, -0.05) is 35.0 Å². The second-order valence-corrected chi connectivity index (χ2v) is 4.18. The summed E-state index contributed by atoms with van der Waals surface area (Å²) in [5, 5.41) is 3.90. The molecule has 0 spiro atoms. The minimum Gasteiger partial charge on any atom is -0.466 e. The number of hydrogen-bond donors (Lipinski definition) is 0. The van der Waals surface area contributed by atoms with E-state index in [1.165, 1.54) is 5.56 Å². The molecule has 100 valence electrons. The highest BCUT2D eigenvalue weighted by atomic mass is 16.5. The molecule has 0 aliphatic rings. The molecular formula is C14H16N2O3. The number of aryl methyl sites for hydroxylation is 2. The van der Waals surface area contributed by atoms with Crippen LogP contribution in [0.5, 0.6) is 0 Å². The number of carbonyl (C=O) groups excluding carboxylic acids is 1. The monoisotopic (exact) mass is 260 g/mol. The van der Waals surface area contributed by atoms with Gasteiger partial charge < -0.3 is 9.26 Å². The molecule has 0 aliphatic carbocycles. The molecule has 0 amide bonds. The summed E-state index contributed by atoms with van der Waals surface area (Å²) in [4.78, 5) is 15.5. The minimum absolute atomic E-state index is 0.252. The number of benzene rings is 1. The van der Waals surface area contributed by atoms with Crippen LogP contribution in [0.2, 0.25) is 0 Å². The van der Waals surface area contributed by atoms with Gasteiger partial charge in [-0.25, -0.2) is 0 Å². The zero-order valence-electron chi connectivity index (χ0n) is 11.0. The number of nitrogens with zero attached hydrogens (tertiary/aromatic N) is 2. The van der Waals surface area contributed by atoms with Crippen molar-refractivity contribution in [2.45, 2.75) is 26.7 Å². The van der Waals surface area contributed by atoms with Gasteiger partial charge >= 0.3 is 5.97 Å². The minimum atomic E-state index is -0.252. The average molecular weight is 260 g/mol. The molecular weight excluding hydrogens is 244 g/mol. The quantitative estimate of drug-likeness (QED) is 0.773. The molecule has 2 aromatic rings. The molecule has 1 aromatic heterocycles. The molecule has 0 saturated carbocycles. The van der Waals surface area contributed by atoms with Crippen molar-refractivity contribution in [3.63, 3.8) is 0 Å². The highest BCUT2D eigenvalue weighted by molar-refractivity contribution is 5.69. The van der Waals surface area contributed by atoms with E-state index in [0.717, 1.165) is 5.56 Å². The summed E-state index contributed by atoms with van der Waals surface area (Å²) in [6, 6.07) is 7.86. The Kier molecular flexibility index (Phi) is 4.28. The van der Waals surface area contributed by atoms with Gasteiger partial charge in [-0.2, -0.15) is 4.98 Å². The van der Waals surface area contributed by atoms with Gasteiger partial charge in [-0.15, -0.1) is 0 Å². The van der Waals surface area contributed by atoms with Gasteiger partial charge in [-0.3, -0.25) is 4.79 Å². The van der Waals surface area contributed by atoms with Crippen LogP contribution in [-0.2, 0) is 16.0 Å². The van der Waals surface area contributed by atoms with Gasteiger partial charge in [-0.05, 0) is 13.8 Å². The van der Waals surface area contributed by atoms with Crippen molar-refractivity contribution >= 4 is 5.97 Å². The van der Waals surface area contributed by atoms with E-state index in [2.05, 4.69) is 10.1 Å². The van der Waals surface area contributed by atoms with Crippen LogP contribution >= 0.6 is 0 Å². The SMILES string of the molecule is CCOC(=O)CCc1nc(-c2ccc(C)cc2)no1. The summed E-state index contributed by atoms with van der Waals surface area (Å²) in [5.41, 5.74) is 2.08. The fourth-order valence-electron chi connectivity index (χ4n) is 1.62. The van der Waals surface area contributed by atoms with Gasteiger partial charge in [0.2, 0.25) is 11.7 Å². The van der Waals surface area contributed by atoms with E-state index in [4.69, 9.17) is 9.26 Å². The fraction of sp³-hybridized carbons (Fsp3) is 0.357. The Morgan fingerprint density at radius 2 is 2.05 bits per heavy atom. The Hall–Kier alpha value is -2.17. The molecule has 19 heavy (non-hydrogen) atoms. The van der Waals surface area contributed by atoms with Gasteiger partial charge in [0.15, 0.2) is 0 Å². The average Bonchev–Trinajstić information content (AvgIpc) is 2.86. The fourth-order valence-corrected chi connectivity index (χ4v) is 1.62. The summed E-state index contributed by atoms with van der Waals surface area (Å²) in [7, 11) is 0. The summed E-state index contributed by atoms with van der Waals surface area (Å²) >= 11 is 0. The van der Waals surface area contributed by atoms with Gasteiger partial charge in [0.25, 0.3) is 0 Å². The largest absolute Gasteiger partial charge is 0.466 e. The van der Waals surface area contributed by atoms with E-state index in [-0.39, 0.29) is 12.4 Å². The van der Waals surface area contributed by atoms with Crippen molar-refractivity contribution in [1.29, 1.82) is 0 Å². The van der Waals surface area contributed by atoms with E-state index in [1.54, 1.807) is 6.92 Å². The van der Waals surface area contributed by atoms with Crippen molar-refractivity contribution in [2.75, 3.05) is 6.61 Å². The first-order valence-electron chi connectivity index (χ1n) is 6.24. The Labute approximate surface area is 111 Å². The van der Waals surface area contributed by atoms with Crippen LogP contribution in [0.25, 0.3) is 11.4 Å². The highest BCUT2D eigenvalue weighted by Gasteiger charge is 2.10. The molecule has 1 heterocycles. The molecule has 0 saturated heterocycles. The summed E-state index contributed by atoms with van der Waals surface area (Å²) in [6.07, 6.45) is 0.654. The second kappa shape index (κ2) is 6.13. The predicted octanol–water partition coefficient (Wildman–Crippen LogP) is 2.54. The summed E-state index contributed by atoms with van der Waals surface area (Å²) < 4.78 is 9.95. The number of rotatable bonds is 5. The summed E-state index contributed by atoms with van der Waals surface area (Å²) in [5.74, 6) is 0.736. The molecule has 0 atom stereocenters. The Morgan fingerprint density at radius 1 is 1.32 bits per heavy atom. The van der Waals surface area contributed by atoms with Gasteiger partial charge in [0.1, 0.15) is 0 Å². The lowest BCUT2D eigenvalue weighted by atomic mass is 10.1. The summed E-state index contributed by atoms with van der Waals surface area (Å²) in [6.45, 7) is 4.18. The van der Waals surface area contributed by atoms with Crippen molar-refractivity contribution in [3.05, 3.63) is 35.7 Å². The number of carbonyl (C=O) groups is 1. The third-order valence-corrected chi connectivity index (χ3v) is 2.63. The van der Waals surface area contributed by atoms with Crippen molar-refractivity contribution in [2.24, 2.45) is 0 Å². The number of aromatic nitrogens is 2. The van der Waals surface area contributed by atoms with E-state index < -0.39 is 0 Å². The molecule has 5 nitrogen and oxygen atoms in total. The van der Waals surface area contributed by atoms with Crippen molar-refractivity contribution < 1.29 is 14.1 Å². The van der Waals surface area contributed by atoms with Crippen LogP contribution in [0.1, 0.15) is 24.8 Å². The second-order valence-electron chi connectivity index (χ2n) is 4.18. The molecule has 0 unspecified atom stereocenters. The van der Waals surface area contributed by atoms with Crippen LogP contribution in [0.15, 0.2) is 28.8 Å². The molecule has 2 rings (SSSR count). The molecule has 0 N–H and O–H groups in total. The van der Waals surface area contributed by atoms with Crippen molar-refractivity contribution in [3.8, 4) is 11.4 Å². The third-order valence-electron chi connectivity index (χ3n) is 2.63. The molecule has 0 fully saturated rings. The van der Waals surface area contributed by atoms with Gasteiger partial charge in [0.05, 0.1) is 13.0 Å². The molecule has 1 aromatic carbocycles. The van der Waals surface area contributed by atoms with E-state index in [1.807, 2.05) is 31.2 Å². The number of esters is 1. The maximum Gasteiger partial charge on any atom is 0.306 e. The van der Waals surface area contributed by atoms with Crippen LogP contribution in [0.4, 0.5) is 0 Å². The Bertz CT molecular complexity index is 546. The van der Waals surface area contributed by atoms with Gasteiger partial charge in [0, 0.05) is 12.0 Å². The van der Waals surface area contributed by atoms with Crippen LogP contribution < -0.4 is 0 Å². The lowest BCUT2D eigenvalue weighted by molar-refractivity contribution is -0.143. The molecule has 0 aliphatic heterocycles. The predicted molar refractivity (Wildman–Crippen MR) is 69.4 cm³/mol. The maximum atomic E-state index is 11.2. The topological polar surface area (TPSA) is 65.2 Å². The first-order valence-corrected chi connectivity index (χ1v) is 6.24. The van der Waals surface area contributed by atoms with Crippen LogP contribution in [-0.4, -0.2) is 22.7 Å². The smallest absolute Gasteiger partial charge is 0.306 e. The maximum absolute atomic E-state index is 11.2.